The van der Waals surface area contributed by atoms with Crippen molar-refractivity contribution >= 4 is 20.9 Å². The number of sulfonamides is 1. The molecule has 118 valence electrons. The largest absolute Gasteiger partial charge is 0.251 e. The molecule has 6 heteroatoms. The Balaban J connectivity index is 1.81. The number of para-hydroxylation sites is 1. The highest BCUT2D eigenvalue weighted by molar-refractivity contribution is 7.89. The van der Waals surface area contributed by atoms with Crippen molar-refractivity contribution in [3.63, 3.8) is 0 Å². The Bertz CT molecular complexity index is 971. The number of rotatable bonds is 4. The average Bonchev–Trinajstić information content (AvgIpc) is 2.55. The monoisotopic (exact) mass is 330 g/mol. The van der Waals surface area contributed by atoms with Gasteiger partial charge in [0, 0.05) is 5.39 Å². The molecule has 0 atom stereocenters. The first-order valence-electron chi connectivity index (χ1n) is 7.06. The van der Waals surface area contributed by atoms with Crippen molar-refractivity contribution in [1.29, 1.82) is 0 Å². The molecule has 4 nitrogen and oxygen atoms in total. The number of nitrogens with zero attached hydrogens (tertiary/aromatic N) is 1. The van der Waals surface area contributed by atoms with Gasteiger partial charge >= 0.3 is 0 Å². The SMILES string of the molecule is Cc1cc(S(=O)(=O)NCc2ccc3ccccc3n2)ccc1F. The van der Waals surface area contributed by atoms with Crippen LogP contribution in [-0.4, -0.2) is 13.4 Å². The van der Waals surface area contributed by atoms with Gasteiger partial charge in [0.2, 0.25) is 10.0 Å². The quantitative estimate of drug-likeness (QED) is 0.799. The molecular formula is C17H15FN2O2S. The normalized spacial score (nSPS) is 11.7. The summed E-state index contributed by atoms with van der Waals surface area (Å²) in [5.41, 5.74) is 1.71. The van der Waals surface area contributed by atoms with Gasteiger partial charge < -0.3 is 0 Å². The molecule has 23 heavy (non-hydrogen) atoms. The maximum absolute atomic E-state index is 13.3. The maximum atomic E-state index is 13.3. The fourth-order valence-corrected chi connectivity index (χ4v) is 3.33. The van der Waals surface area contributed by atoms with E-state index in [-0.39, 0.29) is 17.0 Å². The van der Waals surface area contributed by atoms with Gasteiger partial charge in [0.05, 0.1) is 22.7 Å². The van der Waals surface area contributed by atoms with Gasteiger partial charge in [-0.25, -0.2) is 17.5 Å². The van der Waals surface area contributed by atoms with Crippen LogP contribution in [-0.2, 0) is 16.6 Å². The number of aryl methyl sites for hydroxylation is 1. The standard InChI is InChI=1S/C17H15FN2O2S/c1-12-10-15(8-9-16(12)18)23(21,22)19-11-14-7-6-13-4-2-3-5-17(13)20-14/h2-10,19H,11H2,1H3. The molecule has 1 aromatic heterocycles. The molecule has 3 aromatic rings. The molecule has 1 N–H and O–H groups in total. The molecule has 0 aliphatic rings. The number of benzene rings is 2. The lowest BCUT2D eigenvalue weighted by Gasteiger charge is -2.08. The van der Waals surface area contributed by atoms with Gasteiger partial charge in [-0.1, -0.05) is 24.3 Å². The van der Waals surface area contributed by atoms with E-state index in [2.05, 4.69) is 9.71 Å². The third kappa shape index (κ3) is 3.38. The van der Waals surface area contributed by atoms with E-state index in [9.17, 15) is 12.8 Å². The first-order valence-corrected chi connectivity index (χ1v) is 8.54. The van der Waals surface area contributed by atoms with E-state index in [1.54, 1.807) is 6.07 Å². The summed E-state index contributed by atoms with van der Waals surface area (Å²) in [6.07, 6.45) is 0. The Morgan fingerprint density at radius 3 is 2.65 bits per heavy atom. The molecular weight excluding hydrogens is 315 g/mol. The lowest BCUT2D eigenvalue weighted by atomic mass is 10.2. The molecule has 2 aromatic carbocycles. The number of aromatic nitrogens is 1. The van der Waals surface area contributed by atoms with Crippen molar-refractivity contribution < 1.29 is 12.8 Å². The molecule has 0 saturated carbocycles. The predicted octanol–water partition coefficient (Wildman–Crippen LogP) is 3.16. The van der Waals surface area contributed by atoms with Gasteiger partial charge in [0.15, 0.2) is 0 Å². The van der Waals surface area contributed by atoms with Crippen molar-refractivity contribution in [3.05, 3.63) is 71.7 Å². The van der Waals surface area contributed by atoms with Crippen LogP contribution in [0.5, 0.6) is 0 Å². The average molecular weight is 330 g/mol. The van der Waals surface area contributed by atoms with Crippen LogP contribution in [0.2, 0.25) is 0 Å². The van der Waals surface area contributed by atoms with Crippen molar-refractivity contribution in [2.75, 3.05) is 0 Å². The van der Waals surface area contributed by atoms with Crippen LogP contribution in [0.4, 0.5) is 4.39 Å². The zero-order chi connectivity index (χ0) is 16.4. The van der Waals surface area contributed by atoms with Crippen molar-refractivity contribution in [1.82, 2.24) is 9.71 Å². The first kappa shape index (κ1) is 15.6. The van der Waals surface area contributed by atoms with Crippen LogP contribution < -0.4 is 4.72 Å². The molecule has 0 amide bonds. The molecule has 0 bridgehead atoms. The van der Waals surface area contributed by atoms with E-state index in [1.807, 2.05) is 30.3 Å². The van der Waals surface area contributed by atoms with Crippen LogP contribution in [0, 0.1) is 12.7 Å². The highest BCUT2D eigenvalue weighted by Crippen LogP contribution is 2.15. The van der Waals surface area contributed by atoms with E-state index in [1.165, 1.54) is 19.1 Å². The summed E-state index contributed by atoms with van der Waals surface area (Å²) in [6, 6.07) is 15.0. The summed E-state index contributed by atoms with van der Waals surface area (Å²) in [7, 11) is -3.71. The molecule has 0 aliphatic heterocycles. The molecule has 1 heterocycles. The summed E-state index contributed by atoms with van der Waals surface area (Å²) in [5.74, 6) is -0.430. The molecule has 0 aliphatic carbocycles. The highest BCUT2D eigenvalue weighted by atomic mass is 32.2. The molecule has 0 saturated heterocycles. The Kier molecular flexibility index (Phi) is 4.11. The smallest absolute Gasteiger partial charge is 0.240 e. The Labute approximate surface area is 134 Å². The summed E-state index contributed by atoms with van der Waals surface area (Å²) in [6.45, 7) is 1.60. The number of pyridine rings is 1. The minimum Gasteiger partial charge on any atom is -0.251 e. The number of hydrogen-bond donors (Lipinski definition) is 1. The summed E-state index contributed by atoms with van der Waals surface area (Å²) < 4.78 is 40.3. The van der Waals surface area contributed by atoms with Gasteiger partial charge in [0.25, 0.3) is 0 Å². The van der Waals surface area contributed by atoms with Gasteiger partial charge in [-0.15, -0.1) is 0 Å². The van der Waals surface area contributed by atoms with Crippen LogP contribution in [0.1, 0.15) is 11.3 Å². The lowest BCUT2D eigenvalue weighted by Crippen LogP contribution is -2.23. The summed E-state index contributed by atoms with van der Waals surface area (Å²) >= 11 is 0. The summed E-state index contributed by atoms with van der Waals surface area (Å²) in [5, 5.41) is 0.994. The van der Waals surface area contributed by atoms with E-state index in [0.717, 1.165) is 17.0 Å². The van der Waals surface area contributed by atoms with Crippen molar-refractivity contribution in [2.24, 2.45) is 0 Å². The van der Waals surface area contributed by atoms with E-state index in [0.29, 0.717) is 5.69 Å². The van der Waals surface area contributed by atoms with Gasteiger partial charge in [-0.2, -0.15) is 0 Å². The molecule has 0 radical (unpaired) electrons. The predicted molar refractivity (Wildman–Crippen MR) is 86.9 cm³/mol. The van der Waals surface area contributed by atoms with Crippen LogP contribution in [0.15, 0.2) is 59.5 Å². The van der Waals surface area contributed by atoms with Crippen LogP contribution in [0.25, 0.3) is 10.9 Å². The Hall–Kier alpha value is -2.31. The molecule has 0 spiro atoms. The minimum atomic E-state index is -3.71. The molecule has 0 unspecified atom stereocenters. The molecule has 0 fully saturated rings. The number of hydrogen-bond acceptors (Lipinski definition) is 3. The Morgan fingerprint density at radius 2 is 1.87 bits per heavy atom. The van der Waals surface area contributed by atoms with Crippen LogP contribution >= 0.6 is 0 Å². The zero-order valence-corrected chi connectivity index (χ0v) is 13.3. The third-order valence-corrected chi connectivity index (χ3v) is 4.94. The number of halogens is 1. The third-order valence-electron chi connectivity index (χ3n) is 3.54. The zero-order valence-electron chi connectivity index (χ0n) is 12.5. The lowest BCUT2D eigenvalue weighted by molar-refractivity contribution is 0.579. The first-order chi connectivity index (χ1) is 11.0. The van der Waals surface area contributed by atoms with E-state index in [4.69, 9.17) is 0 Å². The van der Waals surface area contributed by atoms with Crippen molar-refractivity contribution in [3.8, 4) is 0 Å². The molecule has 3 rings (SSSR count). The van der Waals surface area contributed by atoms with Crippen LogP contribution in [0.3, 0.4) is 0 Å². The fraction of sp³-hybridized carbons (Fsp3) is 0.118. The maximum Gasteiger partial charge on any atom is 0.240 e. The van der Waals surface area contributed by atoms with Gasteiger partial charge in [-0.3, -0.25) is 4.98 Å². The minimum absolute atomic E-state index is 0.0391. The summed E-state index contributed by atoms with van der Waals surface area (Å²) in [4.78, 5) is 4.46. The highest BCUT2D eigenvalue weighted by Gasteiger charge is 2.15. The van der Waals surface area contributed by atoms with E-state index >= 15 is 0 Å². The number of fused-ring (bicyclic) bond motifs is 1. The van der Waals surface area contributed by atoms with E-state index < -0.39 is 15.8 Å². The second-order valence-electron chi connectivity index (χ2n) is 5.23. The fourth-order valence-electron chi connectivity index (χ4n) is 2.24. The van der Waals surface area contributed by atoms with Crippen molar-refractivity contribution in [2.45, 2.75) is 18.4 Å². The Morgan fingerprint density at radius 1 is 1.09 bits per heavy atom. The number of nitrogens with one attached hydrogen (secondary N) is 1. The second kappa shape index (κ2) is 6.06. The van der Waals surface area contributed by atoms with Gasteiger partial charge in [-0.05, 0) is 42.8 Å². The topological polar surface area (TPSA) is 59.1 Å². The van der Waals surface area contributed by atoms with Gasteiger partial charge in [0.1, 0.15) is 5.82 Å². The second-order valence-corrected chi connectivity index (χ2v) is 7.00.